The summed E-state index contributed by atoms with van der Waals surface area (Å²) in [6.07, 6.45) is 2.97. The lowest BCUT2D eigenvalue weighted by molar-refractivity contribution is -0.133. The molecule has 0 fully saturated rings. The zero-order valence-electron chi connectivity index (χ0n) is 19.1. The van der Waals surface area contributed by atoms with Gasteiger partial charge in [0, 0.05) is 35.0 Å². The minimum absolute atomic E-state index is 0.0180. The molecule has 0 saturated carbocycles. The Labute approximate surface area is 204 Å². The number of carboxylic acid groups (broad SMARTS) is 1. The van der Waals surface area contributed by atoms with Crippen LogP contribution in [0.1, 0.15) is 45.6 Å². The highest BCUT2D eigenvalue weighted by molar-refractivity contribution is 7.13. The first-order valence-corrected chi connectivity index (χ1v) is 12.5. The van der Waals surface area contributed by atoms with Crippen LogP contribution in [0.4, 0.5) is 0 Å². The SMILES string of the molecule is CCC(CC)O[C@@H]1C=C(C(=O)O)C[C@H](NCc2ccc(-c3cccs3)cc2Cl)[C@H]1NC(C)=O. The van der Waals surface area contributed by atoms with Gasteiger partial charge in [-0.15, -0.1) is 11.3 Å². The summed E-state index contributed by atoms with van der Waals surface area (Å²) >= 11 is 8.22. The highest BCUT2D eigenvalue weighted by Crippen LogP contribution is 2.30. The number of carboxylic acids is 1. The summed E-state index contributed by atoms with van der Waals surface area (Å²) in [7, 11) is 0. The molecule has 0 unspecified atom stereocenters. The molecule has 1 heterocycles. The predicted octanol–water partition coefficient (Wildman–Crippen LogP) is 5.02. The molecule has 1 amide bonds. The number of thiophene rings is 1. The molecule has 0 aliphatic heterocycles. The molecule has 3 N–H and O–H groups in total. The quantitative estimate of drug-likeness (QED) is 0.435. The van der Waals surface area contributed by atoms with Crippen molar-refractivity contribution in [3.8, 4) is 10.4 Å². The Morgan fingerprint density at radius 2 is 2.03 bits per heavy atom. The van der Waals surface area contributed by atoms with Gasteiger partial charge in [-0.1, -0.05) is 43.6 Å². The lowest BCUT2D eigenvalue weighted by atomic mass is 9.87. The summed E-state index contributed by atoms with van der Waals surface area (Å²) in [6, 6.07) is 9.29. The van der Waals surface area contributed by atoms with Crippen LogP contribution >= 0.6 is 22.9 Å². The smallest absolute Gasteiger partial charge is 0.331 e. The maximum atomic E-state index is 12.0. The van der Waals surface area contributed by atoms with Gasteiger partial charge < -0.3 is 20.5 Å². The van der Waals surface area contributed by atoms with Crippen LogP contribution in [0.3, 0.4) is 0 Å². The molecule has 0 spiro atoms. The minimum Gasteiger partial charge on any atom is -0.478 e. The van der Waals surface area contributed by atoms with Crippen LogP contribution in [0.15, 0.2) is 47.4 Å². The maximum Gasteiger partial charge on any atom is 0.331 e. The topological polar surface area (TPSA) is 87.7 Å². The number of amides is 1. The first kappa shape index (κ1) is 25.4. The molecule has 0 radical (unpaired) electrons. The van der Waals surface area contributed by atoms with Crippen molar-refractivity contribution in [3.05, 3.63) is 57.9 Å². The Balaban J connectivity index is 1.81. The average molecular weight is 491 g/mol. The first-order chi connectivity index (χ1) is 15.8. The van der Waals surface area contributed by atoms with E-state index in [2.05, 4.69) is 10.6 Å². The van der Waals surface area contributed by atoms with E-state index in [1.54, 1.807) is 17.4 Å². The molecule has 8 heteroatoms. The number of ether oxygens (including phenoxy) is 1. The van der Waals surface area contributed by atoms with Gasteiger partial charge in [0.05, 0.1) is 18.2 Å². The van der Waals surface area contributed by atoms with Gasteiger partial charge in [0.2, 0.25) is 5.91 Å². The number of halogens is 1. The largest absolute Gasteiger partial charge is 0.478 e. The molecule has 3 rings (SSSR count). The van der Waals surface area contributed by atoms with Crippen LogP contribution in [0.25, 0.3) is 10.4 Å². The third-order valence-corrected chi connectivity index (χ3v) is 7.18. The number of carbonyl (C=O) groups is 2. The second kappa shape index (κ2) is 11.8. The lowest BCUT2D eigenvalue weighted by Gasteiger charge is -2.38. The monoisotopic (exact) mass is 490 g/mol. The lowest BCUT2D eigenvalue weighted by Crippen LogP contribution is -2.58. The standard InChI is InChI=1S/C25H31ClN2O4S/c1-4-19(5-2)32-22-13-18(25(30)31)12-21(24(22)28-15(3)29)27-14-17-9-8-16(11-20(17)26)23-7-6-10-33-23/h6-11,13,19,21-22,24,27H,4-5,12,14H2,1-3H3,(H,28,29)(H,30,31)/t21-,22+,24+/m0/s1. The minimum atomic E-state index is -0.973. The molecule has 2 aromatic rings. The van der Waals surface area contributed by atoms with E-state index in [1.165, 1.54) is 6.92 Å². The summed E-state index contributed by atoms with van der Waals surface area (Å²) in [6.45, 7) is 5.96. The molecule has 6 nitrogen and oxygen atoms in total. The van der Waals surface area contributed by atoms with Crippen molar-refractivity contribution in [2.75, 3.05) is 0 Å². The molecule has 0 saturated heterocycles. The van der Waals surface area contributed by atoms with E-state index in [1.807, 2.05) is 49.6 Å². The second-order valence-electron chi connectivity index (χ2n) is 8.24. The molecule has 1 aromatic carbocycles. The van der Waals surface area contributed by atoms with Gasteiger partial charge in [-0.2, -0.15) is 0 Å². The Morgan fingerprint density at radius 1 is 1.27 bits per heavy atom. The van der Waals surface area contributed by atoms with Crippen molar-refractivity contribution in [1.82, 2.24) is 10.6 Å². The van der Waals surface area contributed by atoms with Crippen molar-refractivity contribution >= 4 is 34.8 Å². The summed E-state index contributed by atoms with van der Waals surface area (Å²) in [5.41, 5.74) is 2.24. The zero-order chi connectivity index (χ0) is 24.0. The van der Waals surface area contributed by atoms with Gasteiger partial charge in [-0.25, -0.2) is 4.79 Å². The van der Waals surface area contributed by atoms with Crippen LogP contribution in [0.5, 0.6) is 0 Å². The van der Waals surface area contributed by atoms with Gasteiger partial charge >= 0.3 is 5.97 Å². The Morgan fingerprint density at radius 3 is 2.61 bits per heavy atom. The molecule has 178 valence electrons. The predicted molar refractivity (Wildman–Crippen MR) is 133 cm³/mol. The van der Waals surface area contributed by atoms with Gasteiger partial charge in [0.15, 0.2) is 0 Å². The molecule has 33 heavy (non-hydrogen) atoms. The number of hydrogen-bond acceptors (Lipinski definition) is 5. The van der Waals surface area contributed by atoms with Gasteiger partial charge in [-0.05, 0) is 54.0 Å². The fraction of sp³-hybridized carbons (Fsp3) is 0.440. The van der Waals surface area contributed by atoms with E-state index in [0.29, 0.717) is 11.6 Å². The highest BCUT2D eigenvalue weighted by atomic mass is 35.5. The van der Waals surface area contributed by atoms with Crippen molar-refractivity contribution in [2.24, 2.45) is 0 Å². The van der Waals surface area contributed by atoms with E-state index >= 15 is 0 Å². The van der Waals surface area contributed by atoms with Gasteiger partial charge in [0.25, 0.3) is 0 Å². The molecule has 1 aliphatic carbocycles. The number of carbonyl (C=O) groups excluding carboxylic acids is 1. The summed E-state index contributed by atoms with van der Waals surface area (Å²) < 4.78 is 6.23. The number of benzene rings is 1. The normalized spacial score (nSPS) is 20.5. The molecular formula is C25H31ClN2O4S. The molecule has 1 aromatic heterocycles. The maximum absolute atomic E-state index is 12.0. The van der Waals surface area contributed by atoms with Crippen LogP contribution in [0, 0.1) is 0 Å². The molecule has 1 aliphatic rings. The fourth-order valence-corrected chi connectivity index (χ4v) is 5.06. The van der Waals surface area contributed by atoms with Crippen LogP contribution in [-0.4, -0.2) is 41.3 Å². The molecule has 3 atom stereocenters. The third-order valence-electron chi connectivity index (χ3n) is 5.91. The van der Waals surface area contributed by atoms with Gasteiger partial charge in [0.1, 0.15) is 0 Å². The van der Waals surface area contributed by atoms with Crippen LogP contribution in [0.2, 0.25) is 5.02 Å². The molecule has 0 bridgehead atoms. The Kier molecular flexibility index (Phi) is 9.09. The van der Waals surface area contributed by atoms with E-state index in [4.69, 9.17) is 16.3 Å². The number of hydrogen-bond donors (Lipinski definition) is 3. The van der Waals surface area contributed by atoms with Crippen molar-refractivity contribution in [3.63, 3.8) is 0 Å². The van der Waals surface area contributed by atoms with Gasteiger partial charge in [-0.3, -0.25) is 4.79 Å². The van der Waals surface area contributed by atoms with Crippen molar-refractivity contribution in [1.29, 1.82) is 0 Å². The second-order valence-corrected chi connectivity index (χ2v) is 9.59. The van der Waals surface area contributed by atoms with Crippen molar-refractivity contribution < 1.29 is 19.4 Å². The zero-order valence-corrected chi connectivity index (χ0v) is 20.7. The summed E-state index contributed by atoms with van der Waals surface area (Å²) in [4.78, 5) is 24.9. The van der Waals surface area contributed by atoms with Crippen molar-refractivity contribution in [2.45, 2.75) is 70.9 Å². The first-order valence-electron chi connectivity index (χ1n) is 11.2. The van der Waals surface area contributed by atoms with Crippen LogP contribution in [-0.2, 0) is 20.9 Å². The van der Waals surface area contributed by atoms with E-state index in [0.717, 1.165) is 28.8 Å². The van der Waals surface area contributed by atoms with E-state index in [-0.39, 0.29) is 30.0 Å². The van der Waals surface area contributed by atoms with Crippen LogP contribution < -0.4 is 10.6 Å². The highest BCUT2D eigenvalue weighted by Gasteiger charge is 2.37. The number of rotatable bonds is 10. The fourth-order valence-electron chi connectivity index (χ4n) is 4.09. The number of aliphatic carboxylic acids is 1. The Hall–Kier alpha value is -2.19. The third kappa shape index (κ3) is 6.67. The summed E-state index contributed by atoms with van der Waals surface area (Å²) in [5.74, 6) is -1.16. The molecular weight excluding hydrogens is 460 g/mol. The van der Waals surface area contributed by atoms with E-state index in [9.17, 15) is 14.7 Å². The Bertz CT molecular complexity index is 988. The average Bonchev–Trinajstić information content (AvgIpc) is 3.32. The summed E-state index contributed by atoms with van der Waals surface area (Å²) in [5, 5.41) is 18.8. The van der Waals surface area contributed by atoms with E-state index < -0.39 is 18.1 Å². The number of nitrogens with one attached hydrogen (secondary N) is 2.